The Morgan fingerprint density at radius 1 is 1.03 bits per heavy atom. The van der Waals surface area contributed by atoms with E-state index in [4.69, 9.17) is 0 Å². The van der Waals surface area contributed by atoms with Gasteiger partial charge in [0.2, 0.25) is 0 Å². The number of hydrogen-bond acceptors (Lipinski definition) is 2. The lowest BCUT2D eigenvalue weighted by Crippen LogP contribution is -2.25. The molecule has 1 fully saturated rings. The Morgan fingerprint density at radius 3 is 2.50 bits per heavy atom. The Morgan fingerprint density at radius 2 is 1.78 bits per heavy atom. The number of benzene rings is 2. The highest BCUT2D eigenvalue weighted by Gasteiger charge is 2.30. The second-order valence-electron chi connectivity index (χ2n) is 9.18. The van der Waals surface area contributed by atoms with Gasteiger partial charge in [-0.3, -0.25) is 4.79 Å². The fourth-order valence-electron chi connectivity index (χ4n) is 5.43. The van der Waals surface area contributed by atoms with Crippen LogP contribution in [0.25, 0.3) is 28.2 Å². The van der Waals surface area contributed by atoms with E-state index in [0.717, 1.165) is 40.6 Å². The minimum Gasteiger partial charge on any atom is -0.478 e. The van der Waals surface area contributed by atoms with Gasteiger partial charge in [-0.2, -0.15) is 0 Å². The van der Waals surface area contributed by atoms with Crippen LogP contribution in [0.4, 0.5) is 0 Å². The lowest BCUT2D eigenvalue weighted by atomic mass is 9.81. The Bertz CT molecular complexity index is 1260. The summed E-state index contributed by atoms with van der Waals surface area (Å²) in [7, 11) is 3.54. The van der Waals surface area contributed by atoms with Crippen molar-refractivity contribution in [2.75, 3.05) is 14.1 Å². The molecule has 1 amide bonds. The van der Waals surface area contributed by atoms with Gasteiger partial charge < -0.3 is 14.6 Å². The van der Waals surface area contributed by atoms with Crippen LogP contribution in [0.3, 0.4) is 0 Å². The first-order chi connectivity index (χ1) is 15.5. The fraction of sp³-hybridized carbons (Fsp3) is 0.333. The Hall–Kier alpha value is -3.34. The molecule has 1 aliphatic carbocycles. The zero-order valence-corrected chi connectivity index (χ0v) is 18.6. The number of hydrogen-bond donors (Lipinski definition) is 1. The van der Waals surface area contributed by atoms with Gasteiger partial charge in [0.25, 0.3) is 5.91 Å². The second-order valence-corrected chi connectivity index (χ2v) is 9.18. The van der Waals surface area contributed by atoms with Crippen LogP contribution in [0.15, 0.2) is 48.0 Å². The van der Waals surface area contributed by atoms with Crippen molar-refractivity contribution in [1.29, 1.82) is 0 Å². The SMILES string of the molecule is CN(C)C(=O)C1=Cc2ccccc2-c2c(C3CCCCC3)c3ccc(C(=O)O)cc3n2C1. The van der Waals surface area contributed by atoms with Crippen molar-refractivity contribution in [2.24, 2.45) is 0 Å². The van der Waals surface area contributed by atoms with Crippen molar-refractivity contribution < 1.29 is 14.7 Å². The Labute approximate surface area is 188 Å². The van der Waals surface area contributed by atoms with Crippen LogP contribution >= 0.6 is 0 Å². The predicted octanol–water partition coefficient (Wildman–Crippen LogP) is 5.54. The summed E-state index contributed by atoms with van der Waals surface area (Å²) in [4.78, 5) is 26.4. The molecule has 0 bridgehead atoms. The third kappa shape index (κ3) is 3.32. The molecule has 0 radical (unpaired) electrons. The minimum absolute atomic E-state index is 0.0249. The van der Waals surface area contributed by atoms with Crippen LogP contribution in [0.1, 0.15) is 59.5 Å². The topological polar surface area (TPSA) is 62.5 Å². The minimum atomic E-state index is -0.934. The maximum absolute atomic E-state index is 13.0. The maximum Gasteiger partial charge on any atom is 0.335 e. The van der Waals surface area contributed by atoms with Crippen LogP contribution in [-0.2, 0) is 11.3 Å². The summed E-state index contributed by atoms with van der Waals surface area (Å²) in [6.45, 7) is 0.424. The molecule has 3 aromatic rings. The van der Waals surface area contributed by atoms with Crippen LogP contribution in [0.2, 0.25) is 0 Å². The van der Waals surface area contributed by atoms with Crippen molar-refractivity contribution in [3.05, 3.63) is 64.7 Å². The highest BCUT2D eigenvalue weighted by Crippen LogP contribution is 2.46. The molecule has 5 rings (SSSR count). The Balaban J connectivity index is 1.84. The van der Waals surface area contributed by atoms with Crippen molar-refractivity contribution in [1.82, 2.24) is 9.47 Å². The smallest absolute Gasteiger partial charge is 0.335 e. The first kappa shape index (κ1) is 20.6. The zero-order chi connectivity index (χ0) is 22.4. The van der Waals surface area contributed by atoms with Crippen LogP contribution in [0, 0.1) is 0 Å². The zero-order valence-electron chi connectivity index (χ0n) is 18.6. The van der Waals surface area contributed by atoms with Gasteiger partial charge in [-0.1, -0.05) is 49.6 Å². The van der Waals surface area contributed by atoms with Gasteiger partial charge in [0, 0.05) is 36.1 Å². The van der Waals surface area contributed by atoms with E-state index in [1.54, 1.807) is 31.1 Å². The lowest BCUT2D eigenvalue weighted by molar-refractivity contribution is -0.124. The summed E-state index contributed by atoms with van der Waals surface area (Å²) >= 11 is 0. The second kappa shape index (κ2) is 7.97. The van der Waals surface area contributed by atoms with Crippen molar-refractivity contribution in [2.45, 2.75) is 44.6 Å². The number of carbonyl (C=O) groups excluding carboxylic acids is 1. The summed E-state index contributed by atoms with van der Waals surface area (Å²) < 4.78 is 2.19. The lowest BCUT2D eigenvalue weighted by Gasteiger charge is -2.24. The highest BCUT2D eigenvalue weighted by atomic mass is 16.4. The maximum atomic E-state index is 13.0. The third-order valence-corrected chi connectivity index (χ3v) is 6.92. The van der Waals surface area contributed by atoms with E-state index >= 15 is 0 Å². The number of nitrogens with zero attached hydrogens (tertiary/aromatic N) is 2. The standard InChI is InChI=1S/C27H28N2O3/c1-28(2)26(30)20-14-18-10-6-7-11-21(18)25-24(17-8-4-3-5-9-17)22-13-12-19(27(31)32)15-23(22)29(25)16-20/h6-7,10-15,17H,3-5,8-9,16H2,1-2H3,(H,31,32). The molecule has 2 heterocycles. The van der Waals surface area contributed by atoms with Gasteiger partial charge >= 0.3 is 5.97 Å². The number of carboxylic acid groups (broad SMARTS) is 1. The van der Waals surface area contributed by atoms with Crippen LogP contribution in [-0.4, -0.2) is 40.5 Å². The number of carbonyl (C=O) groups is 2. The summed E-state index contributed by atoms with van der Waals surface area (Å²) in [5, 5.41) is 10.8. The van der Waals surface area contributed by atoms with E-state index in [1.807, 2.05) is 24.3 Å². The quantitative estimate of drug-likeness (QED) is 0.596. The van der Waals surface area contributed by atoms with Gasteiger partial charge in [-0.15, -0.1) is 0 Å². The molecular weight excluding hydrogens is 400 g/mol. The average Bonchev–Trinajstić information content (AvgIpc) is 3.01. The fourth-order valence-corrected chi connectivity index (χ4v) is 5.43. The normalized spacial score (nSPS) is 16.1. The molecule has 2 aromatic carbocycles. The van der Waals surface area contributed by atoms with Gasteiger partial charge in [-0.25, -0.2) is 4.79 Å². The third-order valence-electron chi connectivity index (χ3n) is 6.92. The molecule has 1 aromatic heterocycles. The van der Waals surface area contributed by atoms with E-state index < -0.39 is 5.97 Å². The number of rotatable bonds is 3. The molecule has 5 nitrogen and oxygen atoms in total. The molecule has 0 spiro atoms. The van der Waals surface area contributed by atoms with E-state index in [2.05, 4.69) is 16.7 Å². The molecule has 0 saturated heterocycles. The van der Waals surface area contributed by atoms with E-state index in [9.17, 15) is 14.7 Å². The molecule has 5 heteroatoms. The van der Waals surface area contributed by atoms with Gasteiger partial charge in [-0.05, 0) is 48.1 Å². The van der Waals surface area contributed by atoms with E-state index in [1.165, 1.54) is 24.8 Å². The van der Waals surface area contributed by atoms with Gasteiger partial charge in [0.15, 0.2) is 0 Å². The molecular formula is C27H28N2O3. The molecule has 32 heavy (non-hydrogen) atoms. The molecule has 1 N–H and O–H groups in total. The molecule has 164 valence electrons. The highest BCUT2D eigenvalue weighted by molar-refractivity contribution is 6.03. The largest absolute Gasteiger partial charge is 0.478 e. The summed E-state index contributed by atoms with van der Waals surface area (Å²) in [5.74, 6) is -0.517. The van der Waals surface area contributed by atoms with E-state index in [-0.39, 0.29) is 11.5 Å². The number of amides is 1. The van der Waals surface area contributed by atoms with Crippen LogP contribution in [0.5, 0.6) is 0 Å². The molecule has 1 aliphatic heterocycles. The monoisotopic (exact) mass is 428 g/mol. The Kier molecular flexibility index (Phi) is 5.12. The molecule has 2 aliphatic rings. The summed E-state index contributed by atoms with van der Waals surface area (Å²) in [6.07, 6.45) is 8.00. The number of carboxylic acids is 1. The first-order valence-corrected chi connectivity index (χ1v) is 11.4. The number of aromatic carboxylic acids is 1. The van der Waals surface area contributed by atoms with Crippen molar-refractivity contribution in [3.63, 3.8) is 0 Å². The van der Waals surface area contributed by atoms with Gasteiger partial charge in [0.05, 0.1) is 17.8 Å². The summed E-state index contributed by atoms with van der Waals surface area (Å²) in [6, 6.07) is 13.7. The average molecular weight is 429 g/mol. The first-order valence-electron chi connectivity index (χ1n) is 11.4. The van der Waals surface area contributed by atoms with Crippen molar-refractivity contribution in [3.8, 4) is 11.3 Å². The predicted molar refractivity (Wildman–Crippen MR) is 127 cm³/mol. The summed E-state index contributed by atoms with van der Waals surface area (Å²) in [5.41, 5.74) is 6.48. The number of fused-ring (bicyclic) bond motifs is 5. The van der Waals surface area contributed by atoms with Gasteiger partial charge in [0.1, 0.15) is 0 Å². The van der Waals surface area contributed by atoms with Crippen molar-refractivity contribution >= 4 is 28.9 Å². The van der Waals surface area contributed by atoms with Crippen LogP contribution < -0.4 is 0 Å². The molecule has 0 unspecified atom stereocenters. The van der Waals surface area contributed by atoms with E-state index in [0.29, 0.717) is 18.0 Å². The molecule has 1 saturated carbocycles. The molecule has 0 atom stereocenters. The number of aromatic nitrogens is 1. The number of likely N-dealkylation sites (N-methyl/N-ethyl adjacent to an activating group) is 1.